The van der Waals surface area contributed by atoms with Crippen molar-refractivity contribution in [2.24, 2.45) is 5.92 Å². The third kappa shape index (κ3) is 2.09. The van der Waals surface area contributed by atoms with Crippen LogP contribution in [0.3, 0.4) is 0 Å². The van der Waals surface area contributed by atoms with Crippen LogP contribution in [-0.2, 0) is 0 Å². The van der Waals surface area contributed by atoms with E-state index < -0.39 is 0 Å². The van der Waals surface area contributed by atoms with Crippen LogP contribution in [0, 0.1) is 19.8 Å². The Hall–Kier alpha value is -1.28. The molecule has 17 heavy (non-hydrogen) atoms. The first-order valence-electron chi connectivity index (χ1n) is 6.21. The Morgan fingerprint density at radius 1 is 1.12 bits per heavy atom. The summed E-state index contributed by atoms with van der Waals surface area (Å²) < 4.78 is 6.03. The van der Waals surface area contributed by atoms with Gasteiger partial charge in [-0.05, 0) is 44.0 Å². The fraction of sp³-hybridized carbons (Fsp3) is 0.467. The van der Waals surface area contributed by atoms with Gasteiger partial charge < -0.3 is 9.73 Å². The third-order valence-corrected chi connectivity index (χ3v) is 3.40. The lowest BCUT2D eigenvalue weighted by atomic mass is 10.0. The molecule has 1 aromatic carbocycles. The highest BCUT2D eigenvalue weighted by Gasteiger charge is 2.19. The van der Waals surface area contributed by atoms with Gasteiger partial charge in [-0.2, -0.15) is 0 Å². The molecule has 1 unspecified atom stereocenters. The molecule has 0 aliphatic rings. The first-order valence-corrected chi connectivity index (χ1v) is 6.21. The minimum Gasteiger partial charge on any atom is -0.459 e. The minimum atomic E-state index is 0.279. The van der Waals surface area contributed by atoms with Gasteiger partial charge in [-0.25, -0.2) is 0 Å². The summed E-state index contributed by atoms with van der Waals surface area (Å²) in [7, 11) is 1.98. The number of hydrogen-bond acceptors (Lipinski definition) is 2. The van der Waals surface area contributed by atoms with Crippen LogP contribution in [0.25, 0.3) is 11.0 Å². The summed E-state index contributed by atoms with van der Waals surface area (Å²) in [4.78, 5) is 0. The Balaban J connectivity index is 2.58. The molecule has 0 amide bonds. The highest BCUT2D eigenvalue weighted by atomic mass is 16.3. The molecule has 0 saturated heterocycles. The van der Waals surface area contributed by atoms with Crippen molar-refractivity contribution in [2.75, 3.05) is 7.05 Å². The number of aryl methyl sites for hydroxylation is 2. The van der Waals surface area contributed by atoms with Crippen molar-refractivity contribution in [2.45, 2.75) is 33.7 Å². The summed E-state index contributed by atoms with van der Waals surface area (Å²) in [6.45, 7) is 8.63. The topological polar surface area (TPSA) is 25.2 Å². The lowest BCUT2D eigenvalue weighted by Gasteiger charge is -2.17. The van der Waals surface area contributed by atoms with E-state index in [1.807, 2.05) is 7.05 Å². The second kappa shape index (κ2) is 4.53. The quantitative estimate of drug-likeness (QED) is 0.864. The molecule has 1 atom stereocenters. The highest BCUT2D eigenvalue weighted by Crippen LogP contribution is 2.31. The van der Waals surface area contributed by atoms with Crippen LogP contribution < -0.4 is 5.32 Å². The van der Waals surface area contributed by atoms with E-state index >= 15 is 0 Å². The molecule has 2 heteroatoms. The Morgan fingerprint density at radius 3 is 2.29 bits per heavy atom. The summed E-state index contributed by atoms with van der Waals surface area (Å²) in [6, 6.07) is 6.73. The second-order valence-corrected chi connectivity index (χ2v) is 5.10. The molecule has 0 saturated carbocycles. The van der Waals surface area contributed by atoms with Crippen molar-refractivity contribution in [1.29, 1.82) is 0 Å². The molecular formula is C15H21NO. The smallest absolute Gasteiger partial charge is 0.137 e. The molecule has 1 N–H and O–H groups in total. The standard InChI is InChI=1S/C15H21NO/c1-9(2)14(16-5)13-8-12-10(3)6-7-11(4)15(12)17-13/h6-9,14,16H,1-5H3. The Labute approximate surface area is 103 Å². The summed E-state index contributed by atoms with van der Waals surface area (Å²) in [5, 5.41) is 4.56. The summed E-state index contributed by atoms with van der Waals surface area (Å²) in [6.07, 6.45) is 0. The van der Waals surface area contributed by atoms with Gasteiger partial charge in [0.1, 0.15) is 11.3 Å². The molecule has 0 bridgehead atoms. The van der Waals surface area contributed by atoms with E-state index in [1.54, 1.807) is 0 Å². The molecule has 92 valence electrons. The zero-order valence-electron chi connectivity index (χ0n) is 11.3. The molecule has 1 aromatic heterocycles. The van der Waals surface area contributed by atoms with Gasteiger partial charge >= 0.3 is 0 Å². The normalized spacial score (nSPS) is 13.5. The first kappa shape index (κ1) is 12.2. The SMILES string of the molecule is CNC(c1cc2c(C)ccc(C)c2o1)C(C)C. The number of furan rings is 1. The van der Waals surface area contributed by atoms with Crippen molar-refractivity contribution < 1.29 is 4.42 Å². The minimum absolute atomic E-state index is 0.279. The van der Waals surface area contributed by atoms with Crippen LogP contribution >= 0.6 is 0 Å². The molecule has 2 nitrogen and oxygen atoms in total. The lowest BCUT2D eigenvalue weighted by Crippen LogP contribution is -2.20. The van der Waals surface area contributed by atoms with Gasteiger partial charge in [0.05, 0.1) is 6.04 Å². The maximum Gasteiger partial charge on any atom is 0.137 e. The van der Waals surface area contributed by atoms with Crippen molar-refractivity contribution >= 4 is 11.0 Å². The van der Waals surface area contributed by atoms with Crippen molar-refractivity contribution in [1.82, 2.24) is 5.32 Å². The van der Waals surface area contributed by atoms with Gasteiger partial charge in [0.25, 0.3) is 0 Å². The zero-order chi connectivity index (χ0) is 12.6. The average Bonchev–Trinajstić information content (AvgIpc) is 2.70. The Kier molecular flexibility index (Phi) is 3.25. The Bertz CT molecular complexity index is 486. The van der Waals surface area contributed by atoms with E-state index in [1.165, 1.54) is 16.5 Å². The van der Waals surface area contributed by atoms with E-state index in [0.717, 1.165) is 11.3 Å². The molecule has 0 fully saturated rings. The van der Waals surface area contributed by atoms with E-state index in [-0.39, 0.29) is 6.04 Å². The zero-order valence-corrected chi connectivity index (χ0v) is 11.3. The van der Waals surface area contributed by atoms with Crippen LogP contribution in [0.4, 0.5) is 0 Å². The summed E-state index contributed by atoms with van der Waals surface area (Å²) >= 11 is 0. The van der Waals surface area contributed by atoms with Crippen LogP contribution in [0.1, 0.15) is 36.8 Å². The summed E-state index contributed by atoms with van der Waals surface area (Å²) in [5.41, 5.74) is 3.51. The van der Waals surface area contributed by atoms with Gasteiger partial charge in [-0.3, -0.25) is 0 Å². The van der Waals surface area contributed by atoms with Gasteiger partial charge in [0.2, 0.25) is 0 Å². The van der Waals surface area contributed by atoms with Crippen molar-refractivity contribution in [3.05, 3.63) is 35.1 Å². The highest BCUT2D eigenvalue weighted by molar-refractivity contribution is 5.84. The van der Waals surface area contributed by atoms with E-state index in [4.69, 9.17) is 4.42 Å². The van der Waals surface area contributed by atoms with Gasteiger partial charge in [0, 0.05) is 5.39 Å². The van der Waals surface area contributed by atoms with Crippen LogP contribution in [0.15, 0.2) is 22.6 Å². The largest absolute Gasteiger partial charge is 0.459 e. The predicted octanol–water partition coefficient (Wildman–Crippen LogP) is 3.97. The van der Waals surface area contributed by atoms with Gasteiger partial charge in [0.15, 0.2) is 0 Å². The number of hydrogen-bond donors (Lipinski definition) is 1. The number of nitrogens with one attached hydrogen (secondary N) is 1. The molecule has 1 heterocycles. The van der Waals surface area contributed by atoms with Crippen molar-refractivity contribution in [3.8, 4) is 0 Å². The van der Waals surface area contributed by atoms with Crippen molar-refractivity contribution in [3.63, 3.8) is 0 Å². The van der Waals surface area contributed by atoms with Gasteiger partial charge in [-0.1, -0.05) is 26.0 Å². The molecule has 0 spiro atoms. The third-order valence-electron chi connectivity index (χ3n) is 3.40. The predicted molar refractivity (Wildman–Crippen MR) is 72.3 cm³/mol. The number of rotatable bonds is 3. The van der Waals surface area contributed by atoms with E-state index in [9.17, 15) is 0 Å². The van der Waals surface area contributed by atoms with E-state index in [2.05, 4.69) is 51.2 Å². The van der Waals surface area contributed by atoms with E-state index in [0.29, 0.717) is 5.92 Å². The Morgan fingerprint density at radius 2 is 1.76 bits per heavy atom. The molecule has 0 radical (unpaired) electrons. The second-order valence-electron chi connectivity index (χ2n) is 5.10. The fourth-order valence-corrected chi connectivity index (χ4v) is 2.37. The molecule has 2 rings (SSSR count). The molecule has 0 aliphatic carbocycles. The van der Waals surface area contributed by atoms with Crippen LogP contribution in [-0.4, -0.2) is 7.05 Å². The lowest BCUT2D eigenvalue weighted by molar-refractivity contribution is 0.370. The number of benzene rings is 1. The monoisotopic (exact) mass is 231 g/mol. The molecule has 0 aliphatic heterocycles. The fourth-order valence-electron chi connectivity index (χ4n) is 2.37. The van der Waals surface area contributed by atoms with Gasteiger partial charge in [-0.15, -0.1) is 0 Å². The maximum atomic E-state index is 6.03. The van der Waals surface area contributed by atoms with Crippen LogP contribution in [0.2, 0.25) is 0 Å². The summed E-state index contributed by atoms with van der Waals surface area (Å²) in [5.74, 6) is 1.55. The average molecular weight is 231 g/mol. The molecular weight excluding hydrogens is 210 g/mol. The number of fused-ring (bicyclic) bond motifs is 1. The maximum absolute atomic E-state index is 6.03. The molecule has 2 aromatic rings. The first-order chi connectivity index (χ1) is 8.04. The van der Waals surface area contributed by atoms with Crippen LogP contribution in [0.5, 0.6) is 0 Å².